The van der Waals surface area contributed by atoms with Crippen molar-refractivity contribution in [2.45, 2.75) is 19.4 Å². The van der Waals surface area contributed by atoms with Gasteiger partial charge in [-0.1, -0.05) is 18.2 Å². The van der Waals surface area contributed by atoms with Crippen LogP contribution in [0, 0.1) is 5.92 Å². The van der Waals surface area contributed by atoms with E-state index in [4.69, 9.17) is 14.2 Å². The van der Waals surface area contributed by atoms with Crippen LogP contribution in [0.25, 0.3) is 0 Å². The monoisotopic (exact) mass is 341 g/mol. The molecular formula is C21H27NO3. The van der Waals surface area contributed by atoms with E-state index >= 15 is 0 Å². The van der Waals surface area contributed by atoms with Gasteiger partial charge in [0, 0.05) is 13.1 Å². The predicted molar refractivity (Wildman–Crippen MR) is 99.6 cm³/mol. The van der Waals surface area contributed by atoms with Gasteiger partial charge in [-0.3, -0.25) is 4.90 Å². The van der Waals surface area contributed by atoms with Crippen molar-refractivity contribution in [2.75, 3.05) is 34.4 Å². The van der Waals surface area contributed by atoms with Crippen molar-refractivity contribution in [2.24, 2.45) is 5.92 Å². The molecule has 2 aromatic rings. The van der Waals surface area contributed by atoms with Crippen molar-refractivity contribution in [3.63, 3.8) is 0 Å². The SMILES string of the molecule is COc1ccc(CC2CCN(Cc3ccc(OC)c(OC)c3)C2)cc1. The summed E-state index contributed by atoms with van der Waals surface area (Å²) >= 11 is 0. The molecule has 134 valence electrons. The number of likely N-dealkylation sites (tertiary alicyclic amines) is 1. The maximum atomic E-state index is 5.41. The summed E-state index contributed by atoms with van der Waals surface area (Å²) in [4.78, 5) is 2.52. The normalized spacial score (nSPS) is 17.5. The maximum Gasteiger partial charge on any atom is 0.161 e. The Labute approximate surface area is 150 Å². The Morgan fingerprint density at radius 2 is 1.60 bits per heavy atom. The number of hydrogen-bond acceptors (Lipinski definition) is 4. The van der Waals surface area contributed by atoms with Gasteiger partial charge in [0.25, 0.3) is 0 Å². The first kappa shape index (κ1) is 17.6. The van der Waals surface area contributed by atoms with Gasteiger partial charge >= 0.3 is 0 Å². The summed E-state index contributed by atoms with van der Waals surface area (Å²) in [6.07, 6.45) is 2.38. The smallest absolute Gasteiger partial charge is 0.161 e. The zero-order valence-corrected chi connectivity index (χ0v) is 15.3. The lowest BCUT2D eigenvalue weighted by Crippen LogP contribution is -2.20. The number of nitrogens with zero attached hydrogens (tertiary/aromatic N) is 1. The maximum absolute atomic E-state index is 5.41. The first-order valence-electron chi connectivity index (χ1n) is 8.78. The third-order valence-corrected chi connectivity index (χ3v) is 4.91. The van der Waals surface area contributed by atoms with Crippen LogP contribution in [0.2, 0.25) is 0 Å². The second-order valence-electron chi connectivity index (χ2n) is 6.63. The Morgan fingerprint density at radius 3 is 2.28 bits per heavy atom. The Hall–Kier alpha value is -2.20. The van der Waals surface area contributed by atoms with Gasteiger partial charge in [-0.25, -0.2) is 0 Å². The van der Waals surface area contributed by atoms with Crippen LogP contribution < -0.4 is 14.2 Å². The first-order valence-corrected chi connectivity index (χ1v) is 8.78. The van der Waals surface area contributed by atoms with Crippen molar-refractivity contribution in [1.82, 2.24) is 4.90 Å². The van der Waals surface area contributed by atoms with E-state index in [1.165, 1.54) is 17.5 Å². The number of methoxy groups -OCH3 is 3. The molecule has 0 aromatic heterocycles. The Kier molecular flexibility index (Phi) is 5.82. The Balaban J connectivity index is 1.55. The molecule has 1 fully saturated rings. The van der Waals surface area contributed by atoms with Crippen molar-refractivity contribution >= 4 is 0 Å². The van der Waals surface area contributed by atoms with Crippen molar-refractivity contribution in [1.29, 1.82) is 0 Å². The lowest BCUT2D eigenvalue weighted by atomic mass is 9.99. The minimum absolute atomic E-state index is 0.716. The summed E-state index contributed by atoms with van der Waals surface area (Å²) in [5, 5.41) is 0. The molecule has 0 amide bonds. The van der Waals surface area contributed by atoms with Crippen LogP contribution in [-0.2, 0) is 13.0 Å². The van der Waals surface area contributed by atoms with E-state index in [-0.39, 0.29) is 0 Å². The summed E-state index contributed by atoms with van der Waals surface area (Å²) in [6.45, 7) is 3.25. The highest BCUT2D eigenvalue weighted by Crippen LogP contribution is 2.29. The topological polar surface area (TPSA) is 30.9 Å². The van der Waals surface area contributed by atoms with E-state index in [1.54, 1.807) is 21.3 Å². The molecule has 1 unspecified atom stereocenters. The van der Waals surface area contributed by atoms with Gasteiger partial charge in [0.1, 0.15) is 5.75 Å². The van der Waals surface area contributed by atoms with Gasteiger partial charge in [0.15, 0.2) is 11.5 Å². The number of ether oxygens (including phenoxy) is 3. The minimum Gasteiger partial charge on any atom is -0.497 e. The molecule has 1 atom stereocenters. The molecule has 0 spiro atoms. The van der Waals surface area contributed by atoms with Gasteiger partial charge in [0.05, 0.1) is 21.3 Å². The molecule has 0 aliphatic carbocycles. The van der Waals surface area contributed by atoms with Gasteiger partial charge < -0.3 is 14.2 Å². The van der Waals surface area contributed by atoms with Crippen molar-refractivity contribution < 1.29 is 14.2 Å². The van der Waals surface area contributed by atoms with Crippen molar-refractivity contribution in [3.8, 4) is 17.2 Å². The Morgan fingerprint density at radius 1 is 0.880 bits per heavy atom. The van der Waals surface area contributed by atoms with E-state index in [2.05, 4.69) is 29.2 Å². The fourth-order valence-electron chi connectivity index (χ4n) is 3.56. The van der Waals surface area contributed by atoms with Gasteiger partial charge in [-0.2, -0.15) is 0 Å². The molecule has 0 N–H and O–H groups in total. The number of rotatable bonds is 7. The second-order valence-corrected chi connectivity index (χ2v) is 6.63. The lowest BCUT2D eigenvalue weighted by Gasteiger charge is -2.17. The van der Waals surface area contributed by atoms with Crippen LogP contribution in [0.5, 0.6) is 17.2 Å². The van der Waals surface area contributed by atoms with Gasteiger partial charge in [-0.05, 0) is 60.7 Å². The second kappa shape index (κ2) is 8.26. The molecule has 4 nitrogen and oxygen atoms in total. The van der Waals surface area contributed by atoms with Crippen LogP contribution in [0.1, 0.15) is 17.5 Å². The third kappa shape index (κ3) is 4.45. The van der Waals surface area contributed by atoms with Crippen LogP contribution in [0.3, 0.4) is 0 Å². The highest BCUT2D eigenvalue weighted by Gasteiger charge is 2.23. The zero-order valence-electron chi connectivity index (χ0n) is 15.3. The fraction of sp³-hybridized carbons (Fsp3) is 0.429. The molecule has 4 heteroatoms. The van der Waals surface area contributed by atoms with Gasteiger partial charge in [0.2, 0.25) is 0 Å². The van der Waals surface area contributed by atoms with E-state index in [9.17, 15) is 0 Å². The molecule has 0 bridgehead atoms. The van der Waals surface area contributed by atoms with Crippen LogP contribution in [0.4, 0.5) is 0 Å². The Bertz CT molecular complexity index is 684. The van der Waals surface area contributed by atoms with Crippen LogP contribution in [0.15, 0.2) is 42.5 Å². The molecule has 1 saturated heterocycles. The number of hydrogen-bond donors (Lipinski definition) is 0. The summed E-state index contributed by atoms with van der Waals surface area (Å²) in [5.74, 6) is 3.22. The average molecular weight is 341 g/mol. The summed E-state index contributed by atoms with van der Waals surface area (Å²) in [7, 11) is 5.06. The quantitative estimate of drug-likeness (QED) is 0.767. The molecule has 3 rings (SSSR count). The molecule has 25 heavy (non-hydrogen) atoms. The summed E-state index contributed by atoms with van der Waals surface area (Å²) < 4.78 is 16.0. The van der Waals surface area contributed by atoms with Crippen LogP contribution in [-0.4, -0.2) is 39.3 Å². The number of benzene rings is 2. The third-order valence-electron chi connectivity index (χ3n) is 4.91. The highest BCUT2D eigenvalue weighted by molar-refractivity contribution is 5.42. The molecule has 2 aromatic carbocycles. The fourth-order valence-corrected chi connectivity index (χ4v) is 3.56. The molecule has 1 heterocycles. The predicted octanol–water partition coefficient (Wildman–Crippen LogP) is 3.78. The summed E-state index contributed by atoms with van der Waals surface area (Å²) in [5.41, 5.74) is 2.65. The van der Waals surface area contributed by atoms with E-state index in [0.29, 0.717) is 5.92 Å². The zero-order chi connectivity index (χ0) is 17.6. The first-order chi connectivity index (χ1) is 12.2. The molecule has 1 aliphatic heterocycles. The van der Waals surface area contributed by atoms with Crippen LogP contribution >= 0.6 is 0 Å². The summed E-state index contributed by atoms with van der Waals surface area (Å²) in [6, 6.07) is 14.6. The minimum atomic E-state index is 0.716. The lowest BCUT2D eigenvalue weighted by molar-refractivity contribution is 0.314. The van der Waals surface area contributed by atoms with Crippen molar-refractivity contribution in [3.05, 3.63) is 53.6 Å². The standard InChI is InChI=1S/C21H27NO3/c1-23-19-7-4-16(5-8-19)12-18-10-11-22(15-18)14-17-6-9-20(24-2)21(13-17)25-3/h4-9,13,18H,10-12,14-15H2,1-3H3. The van der Waals surface area contributed by atoms with E-state index in [0.717, 1.165) is 43.3 Å². The molecule has 0 radical (unpaired) electrons. The average Bonchev–Trinajstić information content (AvgIpc) is 3.09. The largest absolute Gasteiger partial charge is 0.497 e. The van der Waals surface area contributed by atoms with Gasteiger partial charge in [-0.15, -0.1) is 0 Å². The van der Waals surface area contributed by atoms with E-state index < -0.39 is 0 Å². The molecular weight excluding hydrogens is 314 g/mol. The van der Waals surface area contributed by atoms with E-state index in [1.807, 2.05) is 18.2 Å². The molecule has 0 saturated carbocycles. The molecule has 1 aliphatic rings. The highest BCUT2D eigenvalue weighted by atomic mass is 16.5.